The van der Waals surface area contributed by atoms with E-state index in [1.165, 1.54) is 11.5 Å². The van der Waals surface area contributed by atoms with Crippen LogP contribution in [0.4, 0.5) is 10.5 Å². The van der Waals surface area contributed by atoms with E-state index in [-0.39, 0.29) is 5.91 Å². The number of nitrogens with zero attached hydrogens (tertiary/aromatic N) is 2. The van der Waals surface area contributed by atoms with E-state index in [1.807, 2.05) is 24.3 Å². The predicted octanol–water partition coefficient (Wildman–Crippen LogP) is -0.998. The van der Waals surface area contributed by atoms with Gasteiger partial charge in [-0.2, -0.15) is 0 Å². The zero-order chi connectivity index (χ0) is 13.0. The molecule has 0 bridgehead atoms. The normalized spacial score (nSPS) is 11.7. The lowest BCUT2D eigenvalue weighted by atomic mass is 10.3. The Bertz CT molecular complexity index is 414. The first-order valence-electron chi connectivity index (χ1n) is 5.12. The number of amides is 1. The van der Waals surface area contributed by atoms with Gasteiger partial charge in [0.2, 0.25) is 0 Å². The molecule has 0 aliphatic carbocycles. The third-order valence-electron chi connectivity index (χ3n) is 2.29. The third kappa shape index (κ3) is 3.44. The van der Waals surface area contributed by atoms with Crippen LogP contribution in [0.3, 0.4) is 0 Å². The molecule has 1 atom stereocenters. The highest BCUT2D eigenvalue weighted by molar-refractivity contribution is 5.77. The first-order valence-corrected chi connectivity index (χ1v) is 5.12. The second-order valence-corrected chi connectivity index (χ2v) is 3.85. The summed E-state index contributed by atoms with van der Waals surface area (Å²) in [6, 6.07) is 2.70. The zero-order valence-electron chi connectivity index (χ0n) is 10.0. The molecule has 0 radical (unpaired) electrons. The van der Waals surface area contributed by atoms with Crippen molar-refractivity contribution >= 4 is 17.7 Å². The fourth-order valence-electron chi connectivity index (χ4n) is 1.33. The molecule has 92 valence electrons. The number of carbonyl (C=O) groups excluding carboxylic acids is 2. The quantitative estimate of drug-likeness (QED) is 0.684. The molecule has 0 aromatic carbocycles. The van der Waals surface area contributed by atoms with E-state index >= 15 is 0 Å². The van der Waals surface area contributed by atoms with E-state index in [1.54, 1.807) is 24.5 Å². The van der Waals surface area contributed by atoms with Gasteiger partial charge in [-0.05, 0) is 6.92 Å². The smallest absolute Gasteiger partial charge is 0.414 e. The van der Waals surface area contributed by atoms with Crippen LogP contribution >= 0.6 is 0 Å². The highest BCUT2D eigenvalue weighted by atomic mass is 16.4. The first kappa shape index (κ1) is 13.0. The molecule has 0 aliphatic rings. The zero-order valence-corrected chi connectivity index (χ0v) is 10.0. The molecule has 6 nitrogen and oxygen atoms in total. The van der Waals surface area contributed by atoms with Gasteiger partial charge in [0.1, 0.15) is 6.09 Å². The largest absolute Gasteiger partial charge is 0.530 e. The van der Waals surface area contributed by atoms with Crippen molar-refractivity contribution in [2.24, 2.45) is 0 Å². The number of hydrogen-bond donors (Lipinski definition) is 1. The van der Waals surface area contributed by atoms with Gasteiger partial charge in [0.05, 0.1) is 0 Å². The minimum Gasteiger partial charge on any atom is -0.530 e. The maximum atomic E-state index is 11.8. The molecule has 1 N–H and O–H groups in total. The molecule has 6 heteroatoms. The molecule has 1 aromatic rings. The third-order valence-corrected chi connectivity index (χ3v) is 2.29. The second-order valence-electron chi connectivity index (χ2n) is 3.85. The van der Waals surface area contributed by atoms with Crippen LogP contribution in [0.2, 0.25) is 0 Å². The van der Waals surface area contributed by atoms with Crippen molar-refractivity contribution in [2.45, 2.75) is 13.0 Å². The second kappa shape index (κ2) is 5.29. The Morgan fingerprint density at radius 3 is 2.29 bits per heavy atom. The van der Waals surface area contributed by atoms with Gasteiger partial charge in [-0.1, -0.05) is 0 Å². The Labute approximate surface area is 99.5 Å². The minimum atomic E-state index is -1.46. The van der Waals surface area contributed by atoms with Gasteiger partial charge in [0.25, 0.3) is 0 Å². The van der Waals surface area contributed by atoms with Crippen LogP contribution in [0.25, 0.3) is 0 Å². The van der Waals surface area contributed by atoms with Gasteiger partial charge in [0, 0.05) is 31.9 Å². The number of anilines is 1. The number of aromatic nitrogens is 1. The SMILES string of the molecule is C[C@H](NC(=O)[O-])C(=O)[n+]1ccc(N(C)C)cc1. The molecule has 0 saturated heterocycles. The Hall–Kier alpha value is -2.11. The lowest BCUT2D eigenvalue weighted by Crippen LogP contribution is -2.55. The van der Waals surface area contributed by atoms with E-state index < -0.39 is 12.1 Å². The summed E-state index contributed by atoms with van der Waals surface area (Å²) in [4.78, 5) is 24.0. The molecule has 0 unspecified atom stereocenters. The van der Waals surface area contributed by atoms with Gasteiger partial charge in [-0.25, -0.2) is 4.79 Å². The lowest BCUT2D eigenvalue weighted by Gasteiger charge is -2.12. The first-order chi connectivity index (χ1) is 7.91. The number of carbonyl (C=O) groups is 2. The molecule has 0 fully saturated rings. The van der Waals surface area contributed by atoms with Crippen molar-refractivity contribution in [2.75, 3.05) is 19.0 Å². The van der Waals surface area contributed by atoms with Crippen LogP contribution < -0.4 is 19.9 Å². The molecule has 0 saturated carbocycles. The molecule has 1 heterocycles. The molecular formula is C11H15N3O3. The summed E-state index contributed by atoms with van der Waals surface area (Å²) < 4.78 is 1.33. The maximum absolute atomic E-state index is 11.8. The highest BCUT2D eigenvalue weighted by Gasteiger charge is 2.22. The van der Waals surface area contributed by atoms with Crippen LogP contribution in [-0.4, -0.2) is 32.1 Å². The highest BCUT2D eigenvalue weighted by Crippen LogP contribution is 2.05. The maximum Gasteiger partial charge on any atom is 0.414 e. The Morgan fingerprint density at radius 2 is 1.88 bits per heavy atom. The minimum absolute atomic E-state index is 0.362. The topological polar surface area (TPSA) is 76.3 Å². The van der Waals surface area contributed by atoms with Crippen molar-refractivity contribution in [3.63, 3.8) is 0 Å². The number of carboxylic acid groups (broad SMARTS) is 1. The van der Waals surface area contributed by atoms with E-state index in [0.29, 0.717) is 0 Å². The number of hydrogen-bond acceptors (Lipinski definition) is 4. The van der Waals surface area contributed by atoms with E-state index in [4.69, 9.17) is 0 Å². The summed E-state index contributed by atoms with van der Waals surface area (Å²) >= 11 is 0. The van der Waals surface area contributed by atoms with Gasteiger partial charge in [0.15, 0.2) is 18.4 Å². The van der Waals surface area contributed by atoms with Crippen molar-refractivity contribution in [3.05, 3.63) is 24.5 Å². The lowest BCUT2D eigenvalue weighted by molar-refractivity contribution is -0.575. The molecule has 0 spiro atoms. The fourth-order valence-corrected chi connectivity index (χ4v) is 1.33. The monoisotopic (exact) mass is 237 g/mol. The molecule has 1 amide bonds. The van der Waals surface area contributed by atoms with E-state index in [2.05, 4.69) is 0 Å². The van der Waals surface area contributed by atoms with Crippen LogP contribution in [0.5, 0.6) is 0 Å². The van der Waals surface area contributed by atoms with Gasteiger partial charge >= 0.3 is 5.91 Å². The summed E-state index contributed by atoms with van der Waals surface area (Å²) in [7, 11) is 3.78. The fraction of sp³-hybridized carbons (Fsp3) is 0.364. The molecule has 1 rings (SSSR count). The number of rotatable bonds is 3. The Morgan fingerprint density at radius 1 is 1.35 bits per heavy atom. The molecule has 1 aromatic heterocycles. The van der Waals surface area contributed by atoms with E-state index in [0.717, 1.165) is 5.69 Å². The van der Waals surface area contributed by atoms with Gasteiger partial charge in [-0.3, -0.25) is 0 Å². The van der Waals surface area contributed by atoms with Gasteiger partial charge < -0.3 is 20.1 Å². The van der Waals surface area contributed by atoms with Crippen molar-refractivity contribution in [3.8, 4) is 0 Å². The van der Waals surface area contributed by atoms with Gasteiger partial charge in [-0.15, -0.1) is 4.57 Å². The average Bonchev–Trinajstić information content (AvgIpc) is 2.27. The van der Waals surface area contributed by atoms with Crippen molar-refractivity contribution < 1.29 is 19.3 Å². The summed E-state index contributed by atoms with van der Waals surface area (Å²) in [5, 5.41) is 12.3. The Balaban J connectivity index is 2.79. The van der Waals surface area contributed by atoms with Crippen LogP contribution in [0, 0.1) is 0 Å². The summed E-state index contributed by atoms with van der Waals surface area (Å²) in [6.45, 7) is 1.46. The van der Waals surface area contributed by atoms with Crippen LogP contribution in [-0.2, 0) is 0 Å². The van der Waals surface area contributed by atoms with Crippen LogP contribution in [0.15, 0.2) is 24.5 Å². The van der Waals surface area contributed by atoms with Crippen molar-refractivity contribution in [1.82, 2.24) is 5.32 Å². The van der Waals surface area contributed by atoms with E-state index in [9.17, 15) is 14.7 Å². The summed E-state index contributed by atoms with van der Waals surface area (Å²) in [6.07, 6.45) is 1.72. The molecule has 0 aliphatic heterocycles. The van der Waals surface area contributed by atoms with Crippen LogP contribution in [0.1, 0.15) is 11.7 Å². The van der Waals surface area contributed by atoms with Crippen molar-refractivity contribution in [1.29, 1.82) is 0 Å². The Kier molecular flexibility index (Phi) is 4.03. The molecular weight excluding hydrogens is 222 g/mol. The predicted molar refractivity (Wildman–Crippen MR) is 59.6 cm³/mol. The number of nitrogens with one attached hydrogen (secondary N) is 1. The average molecular weight is 237 g/mol. The summed E-state index contributed by atoms with van der Waals surface area (Å²) in [5.74, 6) is -0.362. The number of pyridine rings is 1. The summed E-state index contributed by atoms with van der Waals surface area (Å²) in [5.41, 5.74) is 0.953. The standard InChI is InChI=1S/C11H15N3O3/c1-8(12-11(16)17)10(15)14-6-4-9(5-7-14)13(2)3/h4-8,12H,1-3H3/t8-/m0/s1. The molecule has 17 heavy (non-hydrogen) atoms.